The highest BCUT2D eigenvalue weighted by atomic mass is 35.5. The first-order valence-corrected chi connectivity index (χ1v) is 7.99. The minimum atomic E-state index is -4.26. The van der Waals surface area contributed by atoms with Crippen LogP contribution in [0, 0.1) is 12.7 Å². The molecule has 8 heteroatoms. The highest BCUT2D eigenvalue weighted by molar-refractivity contribution is 7.93. The number of rotatable bonds is 3. The molecular weight excluding hydrogens is 338 g/mol. The Bertz CT molecular complexity index is 790. The van der Waals surface area contributed by atoms with E-state index in [1.807, 2.05) is 0 Å². The van der Waals surface area contributed by atoms with Gasteiger partial charge in [-0.05, 0) is 30.7 Å². The maximum absolute atomic E-state index is 13.8. The number of nitrogens with one attached hydrogen (secondary N) is 1. The molecule has 0 aliphatic carbocycles. The van der Waals surface area contributed by atoms with E-state index in [1.54, 1.807) is 13.0 Å². The van der Waals surface area contributed by atoms with Gasteiger partial charge in [0.25, 0.3) is 10.0 Å². The molecule has 0 spiro atoms. The van der Waals surface area contributed by atoms with Crippen molar-refractivity contribution in [1.82, 2.24) is 0 Å². The summed E-state index contributed by atoms with van der Waals surface area (Å²) in [6.45, 7) is 1.69. The molecule has 0 amide bonds. The summed E-state index contributed by atoms with van der Waals surface area (Å²) in [5.74, 6) is -0.956. The zero-order valence-electron chi connectivity index (χ0n) is 10.8. The van der Waals surface area contributed by atoms with E-state index in [2.05, 4.69) is 4.72 Å². The van der Waals surface area contributed by atoms with Gasteiger partial charge in [-0.1, -0.05) is 35.3 Å². The van der Waals surface area contributed by atoms with Gasteiger partial charge in [0.15, 0.2) is 0 Å². The summed E-state index contributed by atoms with van der Waals surface area (Å²) in [4.78, 5) is -0.640. The lowest BCUT2D eigenvalue weighted by Gasteiger charge is -2.14. The van der Waals surface area contributed by atoms with Crippen molar-refractivity contribution in [3.8, 4) is 0 Å². The van der Waals surface area contributed by atoms with Gasteiger partial charge in [0.2, 0.25) is 0 Å². The predicted molar refractivity (Wildman–Crippen MR) is 82.8 cm³/mol. The second-order valence-electron chi connectivity index (χ2n) is 4.32. The number of aryl methyl sites for hydroxylation is 1. The molecule has 21 heavy (non-hydrogen) atoms. The highest BCUT2D eigenvalue weighted by Crippen LogP contribution is 2.35. The van der Waals surface area contributed by atoms with E-state index in [9.17, 15) is 12.8 Å². The summed E-state index contributed by atoms with van der Waals surface area (Å²) in [6, 6.07) is 6.74. The van der Waals surface area contributed by atoms with Gasteiger partial charge in [-0.2, -0.15) is 0 Å². The average Bonchev–Trinajstić information content (AvgIpc) is 2.39. The lowest BCUT2D eigenvalue weighted by molar-refractivity contribution is 0.572. The molecule has 0 bridgehead atoms. The third-order valence-corrected chi connectivity index (χ3v) is 5.03. The predicted octanol–water partition coefficient (Wildman–Crippen LogP) is 3.82. The topological polar surface area (TPSA) is 72.2 Å². The number of anilines is 2. The Hall–Kier alpha value is -1.50. The molecule has 0 aliphatic heterocycles. The minimum Gasteiger partial charge on any atom is -0.398 e. The summed E-state index contributed by atoms with van der Waals surface area (Å²) in [5, 5.41) is 0.241. The number of halogens is 3. The third kappa shape index (κ3) is 3.07. The Kier molecular flexibility index (Phi) is 4.32. The molecule has 0 saturated heterocycles. The highest BCUT2D eigenvalue weighted by Gasteiger charge is 2.24. The van der Waals surface area contributed by atoms with Crippen molar-refractivity contribution in [2.45, 2.75) is 11.8 Å². The summed E-state index contributed by atoms with van der Waals surface area (Å²) >= 11 is 12.0. The molecule has 0 unspecified atom stereocenters. The molecule has 0 atom stereocenters. The van der Waals surface area contributed by atoms with E-state index in [0.717, 1.165) is 6.07 Å². The van der Waals surface area contributed by atoms with E-state index < -0.39 is 20.7 Å². The van der Waals surface area contributed by atoms with E-state index in [1.165, 1.54) is 18.2 Å². The van der Waals surface area contributed by atoms with Crippen LogP contribution in [0.1, 0.15) is 5.56 Å². The fraction of sp³-hybridized carbons (Fsp3) is 0.0769. The number of nitrogens with two attached hydrogens (primary N) is 1. The van der Waals surface area contributed by atoms with Crippen LogP contribution in [0.5, 0.6) is 0 Å². The molecule has 0 aliphatic rings. The normalized spacial score (nSPS) is 11.4. The van der Waals surface area contributed by atoms with Crippen molar-refractivity contribution in [1.29, 1.82) is 0 Å². The summed E-state index contributed by atoms with van der Waals surface area (Å²) in [6.07, 6.45) is 0. The number of hydrogen-bond donors (Lipinski definition) is 2. The monoisotopic (exact) mass is 348 g/mol. The molecule has 0 radical (unpaired) electrons. The van der Waals surface area contributed by atoms with Gasteiger partial charge in [0.05, 0.1) is 21.4 Å². The number of benzene rings is 2. The molecule has 0 heterocycles. The molecular formula is C13H11Cl2FN2O2S. The van der Waals surface area contributed by atoms with Crippen molar-refractivity contribution in [3.63, 3.8) is 0 Å². The molecule has 2 rings (SSSR count). The molecule has 112 valence electrons. The molecule has 0 aromatic heterocycles. The van der Waals surface area contributed by atoms with Crippen LogP contribution in [0.25, 0.3) is 0 Å². The standard InChI is InChI=1S/C13H11Cl2FN2O2S/c1-7-5-6-8(14)12(11(7)15)18-21(19,20)13-9(16)3-2-4-10(13)17/h2-6,18H,17H2,1H3. The number of sulfonamides is 1. The van der Waals surface area contributed by atoms with E-state index in [-0.39, 0.29) is 21.4 Å². The summed E-state index contributed by atoms with van der Waals surface area (Å²) < 4.78 is 40.6. The molecule has 3 N–H and O–H groups in total. The lowest BCUT2D eigenvalue weighted by atomic mass is 10.2. The van der Waals surface area contributed by atoms with Crippen LogP contribution in [0.4, 0.5) is 15.8 Å². The van der Waals surface area contributed by atoms with Gasteiger partial charge in [-0.15, -0.1) is 0 Å². The van der Waals surface area contributed by atoms with Gasteiger partial charge in [0.1, 0.15) is 10.7 Å². The second-order valence-corrected chi connectivity index (χ2v) is 6.72. The SMILES string of the molecule is Cc1ccc(Cl)c(NS(=O)(=O)c2c(N)cccc2F)c1Cl. The Morgan fingerprint density at radius 2 is 1.86 bits per heavy atom. The zero-order valence-corrected chi connectivity index (χ0v) is 13.2. The van der Waals surface area contributed by atoms with Crippen molar-refractivity contribution in [3.05, 3.63) is 51.8 Å². The summed E-state index contributed by atoms with van der Waals surface area (Å²) in [5.41, 5.74) is 5.95. The largest absolute Gasteiger partial charge is 0.398 e. The van der Waals surface area contributed by atoms with Gasteiger partial charge in [-0.25, -0.2) is 12.8 Å². The Balaban J connectivity index is 2.56. The molecule has 2 aromatic carbocycles. The van der Waals surface area contributed by atoms with Crippen LogP contribution in [0.3, 0.4) is 0 Å². The van der Waals surface area contributed by atoms with Crippen molar-refractivity contribution in [2.24, 2.45) is 0 Å². The second kappa shape index (κ2) is 5.71. The van der Waals surface area contributed by atoms with Gasteiger partial charge in [-0.3, -0.25) is 4.72 Å². The van der Waals surface area contributed by atoms with Gasteiger partial charge < -0.3 is 5.73 Å². The maximum Gasteiger partial charge on any atom is 0.266 e. The number of nitrogen functional groups attached to an aromatic ring is 1. The fourth-order valence-electron chi connectivity index (χ4n) is 1.74. The Morgan fingerprint density at radius 3 is 2.48 bits per heavy atom. The van der Waals surface area contributed by atoms with E-state index in [0.29, 0.717) is 5.56 Å². The smallest absolute Gasteiger partial charge is 0.266 e. The lowest BCUT2D eigenvalue weighted by Crippen LogP contribution is -2.17. The van der Waals surface area contributed by atoms with Gasteiger partial charge >= 0.3 is 0 Å². The van der Waals surface area contributed by atoms with Crippen LogP contribution < -0.4 is 10.5 Å². The number of hydrogen-bond acceptors (Lipinski definition) is 3. The Labute approximate surface area is 131 Å². The molecule has 4 nitrogen and oxygen atoms in total. The molecule has 2 aromatic rings. The van der Waals surface area contributed by atoms with Crippen molar-refractivity contribution in [2.75, 3.05) is 10.5 Å². The average molecular weight is 349 g/mol. The van der Waals surface area contributed by atoms with Crippen molar-refractivity contribution >= 4 is 44.6 Å². The van der Waals surface area contributed by atoms with E-state index in [4.69, 9.17) is 28.9 Å². The van der Waals surface area contributed by atoms with Gasteiger partial charge in [0, 0.05) is 0 Å². The maximum atomic E-state index is 13.8. The van der Waals surface area contributed by atoms with Crippen molar-refractivity contribution < 1.29 is 12.8 Å². The third-order valence-electron chi connectivity index (χ3n) is 2.79. The van der Waals surface area contributed by atoms with E-state index >= 15 is 0 Å². The zero-order chi connectivity index (χ0) is 15.8. The fourth-order valence-corrected chi connectivity index (χ4v) is 3.61. The van der Waals surface area contributed by atoms with Crippen LogP contribution in [-0.4, -0.2) is 8.42 Å². The molecule has 0 saturated carbocycles. The first-order valence-electron chi connectivity index (χ1n) is 5.75. The van der Waals surface area contributed by atoms with Crippen LogP contribution >= 0.6 is 23.2 Å². The minimum absolute atomic E-state index is 0.0130. The van der Waals surface area contributed by atoms with Crippen LogP contribution in [0.15, 0.2) is 35.2 Å². The van der Waals surface area contributed by atoms with Crippen LogP contribution in [0.2, 0.25) is 10.0 Å². The molecule has 0 fully saturated rings. The first kappa shape index (κ1) is 15.9. The van der Waals surface area contributed by atoms with Crippen LogP contribution in [-0.2, 0) is 10.0 Å². The quantitative estimate of drug-likeness (QED) is 0.828. The summed E-state index contributed by atoms with van der Waals surface area (Å²) in [7, 11) is -4.26. The Morgan fingerprint density at radius 1 is 1.19 bits per heavy atom. The first-order chi connectivity index (χ1) is 9.74.